The van der Waals surface area contributed by atoms with Crippen LogP contribution in [0.3, 0.4) is 0 Å². The van der Waals surface area contributed by atoms with E-state index in [1.54, 1.807) is 42.3 Å². The van der Waals surface area contributed by atoms with Crippen molar-refractivity contribution in [1.29, 1.82) is 0 Å². The summed E-state index contributed by atoms with van der Waals surface area (Å²) in [7, 11) is 1.67. The second-order valence-corrected chi connectivity index (χ2v) is 7.19. The lowest BCUT2D eigenvalue weighted by Crippen LogP contribution is -1.93. The largest absolute Gasteiger partial charge is 0.497 e. The molecule has 0 bridgehead atoms. The quantitative estimate of drug-likeness (QED) is 0.404. The topological polar surface area (TPSA) is 59.4 Å². The number of anilines is 1. The Balaban J connectivity index is 1.63. The van der Waals surface area contributed by atoms with E-state index in [0.29, 0.717) is 5.82 Å². The Bertz CT molecular complexity index is 1010. The lowest BCUT2D eigenvalue weighted by Gasteiger charge is -2.00. The Labute approximate surface area is 152 Å². The predicted molar refractivity (Wildman–Crippen MR) is 105 cm³/mol. The summed E-state index contributed by atoms with van der Waals surface area (Å²) >= 11 is 3.28. The molecule has 0 amide bonds. The monoisotopic (exact) mass is 366 g/mol. The molecule has 0 aliphatic carbocycles. The molecule has 124 valence electrons. The number of hydrazone groups is 1. The summed E-state index contributed by atoms with van der Waals surface area (Å²) in [4.78, 5) is 10.9. The van der Waals surface area contributed by atoms with Crippen LogP contribution in [0.4, 0.5) is 5.82 Å². The van der Waals surface area contributed by atoms with E-state index >= 15 is 0 Å². The average Bonchev–Trinajstić information content (AvgIpc) is 3.31. The molecule has 3 aromatic heterocycles. The molecule has 0 atom stereocenters. The Morgan fingerprint density at radius 3 is 2.80 bits per heavy atom. The number of nitrogens with zero attached hydrogens (tertiary/aromatic N) is 3. The fourth-order valence-electron chi connectivity index (χ4n) is 2.35. The molecule has 0 fully saturated rings. The highest BCUT2D eigenvalue weighted by atomic mass is 32.1. The fraction of sp³-hybridized carbons (Fsp3) is 0.0556. The van der Waals surface area contributed by atoms with Crippen LogP contribution < -0.4 is 10.2 Å². The van der Waals surface area contributed by atoms with Crippen molar-refractivity contribution in [2.45, 2.75) is 0 Å². The maximum atomic E-state index is 5.21. The number of nitrogens with one attached hydrogen (secondary N) is 1. The molecule has 0 unspecified atom stereocenters. The fourth-order valence-corrected chi connectivity index (χ4v) is 3.99. The van der Waals surface area contributed by atoms with E-state index in [4.69, 9.17) is 4.74 Å². The van der Waals surface area contributed by atoms with Crippen LogP contribution >= 0.6 is 22.7 Å². The number of hydrogen-bond acceptors (Lipinski definition) is 7. The minimum absolute atomic E-state index is 0.711. The molecular weight excluding hydrogens is 352 g/mol. The van der Waals surface area contributed by atoms with Gasteiger partial charge in [0, 0.05) is 9.75 Å². The first-order chi connectivity index (χ1) is 12.3. The summed E-state index contributed by atoms with van der Waals surface area (Å²) in [5.41, 5.74) is 5.05. The van der Waals surface area contributed by atoms with Crippen molar-refractivity contribution in [2.24, 2.45) is 5.10 Å². The minimum atomic E-state index is 0.711. The highest BCUT2D eigenvalue weighted by Gasteiger charge is 2.10. The van der Waals surface area contributed by atoms with Crippen molar-refractivity contribution < 1.29 is 4.74 Å². The molecule has 0 radical (unpaired) electrons. The van der Waals surface area contributed by atoms with Gasteiger partial charge in [-0.15, -0.1) is 22.7 Å². The second-order valence-electron chi connectivity index (χ2n) is 5.16. The molecule has 0 spiro atoms. The summed E-state index contributed by atoms with van der Waals surface area (Å²) < 4.78 is 6.20. The van der Waals surface area contributed by atoms with E-state index in [9.17, 15) is 0 Å². The highest BCUT2D eigenvalue weighted by molar-refractivity contribution is 7.22. The number of rotatable bonds is 5. The molecule has 0 aliphatic rings. The van der Waals surface area contributed by atoms with Crippen LogP contribution in [0.5, 0.6) is 5.75 Å². The number of ether oxygens (including phenoxy) is 1. The minimum Gasteiger partial charge on any atom is -0.497 e. The lowest BCUT2D eigenvalue weighted by molar-refractivity contribution is 0.415. The summed E-state index contributed by atoms with van der Waals surface area (Å²) in [5, 5.41) is 6.29. The summed E-state index contributed by atoms with van der Waals surface area (Å²) in [6, 6.07) is 14.1. The molecule has 0 saturated carbocycles. The van der Waals surface area contributed by atoms with E-state index in [2.05, 4.69) is 26.6 Å². The van der Waals surface area contributed by atoms with Crippen molar-refractivity contribution in [1.82, 2.24) is 9.97 Å². The predicted octanol–water partition coefficient (Wildman–Crippen LogP) is 4.87. The second kappa shape index (κ2) is 7.00. The van der Waals surface area contributed by atoms with Gasteiger partial charge in [0.25, 0.3) is 0 Å². The zero-order valence-corrected chi connectivity index (χ0v) is 15.0. The van der Waals surface area contributed by atoms with Gasteiger partial charge in [-0.2, -0.15) is 5.10 Å². The van der Waals surface area contributed by atoms with Gasteiger partial charge in [0.05, 0.1) is 23.5 Å². The summed E-state index contributed by atoms with van der Waals surface area (Å²) in [6.45, 7) is 0. The Morgan fingerprint density at radius 2 is 2.04 bits per heavy atom. The van der Waals surface area contributed by atoms with Gasteiger partial charge < -0.3 is 4.74 Å². The molecule has 3 heterocycles. The van der Waals surface area contributed by atoms with Gasteiger partial charge >= 0.3 is 0 Å². The van der Waals surface area contributed by atoms with Crippen molar-refractivity contribution in [3.05, 3.63) is 59.0 Å². The van der Waals surface area contributed by atoms with E-state index in [1.165, 1.54) is 0 Å². The molecule has 1 N–H and O–H groups in total. The number of methoxy groups -OCH3 is 1. The molecular formula is C18H14N4OS2. The molecule has 1 aromatic carbocycles. The van der Waals surface area contributed by atoms with Crippen LogP contribution in [0, 0.1) is 0 Å². The Hall–Kier alpha value is -2.77. The number of benzene rings is 1. The lowest BCUT2D eigenvalue weighted by atomic mass is 10.2. The maximum Gasteiger partial charge on any atom is 0.167 e. The van der Waals surface area contributed by atoms with Crippen LogP contribution in [-0.4, -0.2) is 23.3 Å². The van der Waals surface area contributed by atoms with Crippen LogP contribution in [0.15, 0.2) is 59.3 Å². The van der Waals surface area contributed by atoms with Gasteiger partial charge in [-0.25, -0.2) is 9.97 Å². The first kappa shape index (κ1) is 15.7. The van der Waals surface area contributed by atoms with Gasteiger partial charge in [0.15, 0.2) is 5.82 Å². The van der Waals surface area contributed by atoms with E-state index in [1.807, 2.05) is 41.8 Å². The van der Waals surface area contributed by atoms with Crippen LogP contribution in [-0.2, 0) is 0 Å². The highest BCUT2D eigenvalue weighted by Crippen LogP contribution is 2.36. The zero-order chi connectivity index (χ0) is 17.1. The van der Waals surface area contributed by atoms with Gasteiger partial charge in [0.1, 0.15) is 12.1 Å². The van der Waals surface area contributed by atoms with E-state index in [-0.39, 0.29) is 0 Å². The number of thiophene rings is 2. The molecule has 5 nitrogen and oxygen atoms in total. The first-order valence-electron chi connectivity index (χ1n) is 7.55. The Morgan fingerprint density at radius 1 is 1.16 bits per heavy atom. The SMILES string of the molecule is COc1ccc(-c2cc3ncnc(N/N=C/c4cccs4)c3s2)cc1. The molecule has 7 heteroatoms. The first-order valence-corrected chi connectivity index (χ1v) is 9.24. The summed E-state index contributed by atoms with van der Waals surface area (Å²) in [5.74, 6) is 1.55. The van der Waals surface area contributed by atoms with Crippen LogP contribution in [0.2, 0.25) is 0 Å². The maximum absolute atomic E-state index is 5.21. The third-order valence-electron chi connectivity index (χ3n) is 3.59. The standard InChI is InChI=1S/C18H14N4OS2/c1-23-13-6-4-12(5-7-13)16-9-15-17(25-16)18(20-11-19-15)22-21-10-14-3-2-8-24-14/h2-11H,1H3,(H,19,20,22)/b21-10+. The average molecular weight is 366 g/mol. The van der Waals surface area contributed by atoms with Gasteiger partial charge in [-0.1, -0.05) is 6.07 Å². The van der Waals surface area contributed by atoms with Gasteiger partial charge in [-0.05, 0) is 47.3 Å². The van der Waals surface area contributed by atoms with Gasteiger partial charge in [0.2, 0.25) is 0 Å². The van der Waals surface area contributed by atoms with E-state index in [0.717, 1.165) is 31.3 Å². The number of hydrogen-bond donors (Lipinski definition) is 1. The number of fused-ring (bicyclic) bond motifs is 1. The van der Waals surface area contributed by atoms with Crippen LogP contribution in [0.1, 0.15) is 4.88 Å². The normalized spacial score (nSPS) is 11.2. The molecule has 4 rings (SSSR count). The van der Waals surface area contributed by atoms with Crippen molar-refractivity contribution in [2.75, 3.05) is 12.5 Å². The molecule has 4 aromatic rings. The van der Waals surface area contributed by atoms with Crippen molar-refractivity contribution in [3.63, 3.8) is 0 Å². The van der Waals surface area contributed by atoms with E-state index < -0.39 is 0 Å². The number of aromatic nitrogens is 2. The summed E-state index contributed by atoms with van der Waals surface area (Å²) in [6.07, 6.45) is 3.34. The third-order valence-corrected chi connectivity index (χ3v) is 5.58. The molecule has 25 heavy (non-hydrogen) atoms. The van der Waals surface area contributed by atoms with Gasteiger partial charge in [-0.3, -0.25) is 5.43 Å². The van der Waals surface area contributed by atoms with Crippen molar-refractivity contribution >= 4 is 44.9 Å². The molecule has 0 aliphatic heterocycles. The Kier molecular flexibility index (Phi) is 4.41. The molecule has 0 saturated heterocycles. The van der Waals surface area contributed by atoms with Crippen LogP contribution in [0.25, 0.3) is 20.7 Å². The van der Waals surface area contributed by atoms with Crippen molar-refractivity contribution in [3.8, 4) is 16.2 Å². The smallest absolute Gasteiger partial charge is 0.167 e. The third kappa shape index (κ3) is 3.38. The zero-order valence-electron chi connectivity index (χ0n) is 13.3.